The molecule has 1 saturated heterocycles. The molecule has 7 nitrogen and oxygen atoms in total. The van der Waals surface area contributed by atoms with Crippen LogP contribution < -0.4 is 10.5 Å². The quantitative estimate of drug-likeness (QED) is 0.680. The van der Waals surface area contributed by atoms with Crippen LogP contribution in [0.4, 0.5) is 5.82 Å². The van der Waals surface area contributed by atoms with Gasteiger partial charge >= 0.3 is 0 Å². The van der Waals surface area contributed by atoms with Gasteiger partial charge in [-0.1, -0.05) is 12.1 Å². The predicted molar refractivity (Wildman–Crippen MR) is 113 cm³/mol. The number of thioether (sulfide) groups is 1. The average molecular weight is 423 g/mol. The highest BCUT2D eigenvalue weighted by Crippen LogP contribution is 2.37. The fraction of sp³-hybridized carbons (Fsp3) is 0.409. The molecule has 30 heavy (non-hydrogen) atoms. The summed E-state index contributed by atoms with van der Waals surface area (Å²) >= 11 is 1.48. The highest BCUT2D eigenvalue weighted by Gasteiger charge is 2.29. The number of aliphatic hydroxyl groups excluding tert-OH is 1. The molecule has 154 valence electrons. The normalized spacial score (nSPS) is 22.7. The number of hydrogen-bond acceptors (Lipinski definition) is 8. The molecule has 1 aromatic heterocycles. The molecule has 4 rings (SSSR count). The van der Waals surface area contributed by atoms with E-state index in [1.807, 2.05) is 24.3 Å². The van der Waals surface area contributed by atoms with Crippen molar-refractivity contribution in [2.75, 3.05) is 24.7 Å². The van der Waals surface area contributed by atoms with Gasteiger partial charge in [0.2, 0.25) is 0 Å². The molecule has 0 spiro atoms. The van der Waals surface area contributed by atoms with E-state index in [0.717, 1.165) is 18.8 Å². The van der Waals surface area contributed by atoms with E-state index in [1.54, 1.807) is 0 Å². The average Bonchev–Trinajstić information content (AvgIpc) is 3.25. The number of hydrogen-bond donors (Lipinski definition) is 2. The summed E-state index contributed by atoms with van der Waals surface area (Å²) < 4.78 is 11.2. The number of nitrogens with two attached hydrogens (primary N) is 1. The molecule has 3 N–H and O–H groups in total. The van der Waals surface area contributed by atoms with Crippen LogP contribution in [0.2, 0.25) is 0 Å². The number of rotatable bonds is 6. The molecule has 1 atom stereocenters. The van der Waals surface area contributed by atoms with Gasteiger partial charge in [0.25, 0.3) is 0 Å². The molecular formula is C22H22N4O3S. The van der Waals surface area contributed by atoms with Crippen LogP contribution in [0.5, 0.6) is 5.75 Å². The minimum absolute atomic E-state index is 0.0225. The van der Waals surface area contributed by atoms with Crippen molar-refractivity contribution in [3.63, 3.8) is 0 Å². The summed E-state index contributed by atoms with van der Waals surface area (Å²) in [4.78, 5) is 4.35. The molecule has 2 aliphatic rings. The maximum Gasteiger partial charge on any atom is 0.143 e. The highest BCUT2D eigenvalue weighted by molar-refractivity contribution is 7.99. The maximum atomic E-state index is 9.87. The van der Waals surface area contributed by atoms with Crippen molar-refractivity contribution in [1.82, 2.24) is 4.98 Å². The predicted octanol–water partition coefficient (Wildman–Crippen LogP) is 3.10. The fourth-order valence-corrected chi connectivity index (χ4v) is 4.74. The van der Waals surface area contributed by atoms with Gasteiger partial charge in [-0.3, -0.25) is 0 Å². The smallest absolute Gasteiger partial charge is 0.143 e. The van der Waals surface area contributed by atoms with Crippen molar-refractivity contribution in [3.05, 3.63) is 35.4 Å². The lowest BCUT2D eigenvalue weighted by Gasteiger charge is -2.31. The van der Waals surface area contributed by atoms with Gasteiger partial charge in [-0.05, 0) is 30.0 Å². The first-order valence-electron chi connectivity index (χ1n) is 9.88. The molecule has 2 aromatic rings. The zero-order valence-electron chi connectivity index (χ0n) is 16.4. The number of nitrogen functional groups attached to an aromatic ring is 1. The first-order chi connectivity index (χ1) is 14.6. The number of anilines is 1. The molecule has 8 heteroatoms. The van der Waals surface area contributed by atoms with Crippen LogP contribution in [0.25, 0.3) is 11.1 Å². The Morgan fingerprint density at radius 2 is 1.93 bits per heavy atom. The van der Waals surface area contributed by atoms with Crippen LogP contribution in [-0.4, -0.2) is 41.3 Å². The van der Waals surface area contributed by atoms with Crippen molar-refractivity contribution in [3.8, 4) is 29.0 Å². The van der Waals surface area contributed by atoms with E-state index in [4.69, 9.17) is 15.2 Å². The van der Waals surface area contributed by atoms with E-state index in [1.165, 1.54) is 11.8 Å². The van der Waals surface area contributed by atoms with Gasteiger partial charge in [-0.2, -0.15) is 10.5 Å². The Bertz CT molecular complexity index is 1000. The van der Waals surface area contributed by atoms with Gasteiger partial charge in [-0.15, -0.1) is 11.8 Å². The largest absolute Gasteiger partial charge is 0.490 e. The number of ether oxygens (including phenoxy) is 2. The third kappa shape index (κ3) is 4.22. The number of benzene rings is 1. The Balaban J connectivity index is 1.63. The molecule has 1 unspecified atom stereocenters. The van der Waals surface area contributed by atoms with Gasteiger partial charge in [-0.25, -0.2) is 4.98 Å². The van der Waals surface area contributed by atoms with Crippen molar-refractivity contribution in [2.24, 2.45) is 5.92 Å². The lowest BCUT2D eigenvalue weighted by molar-refractivity contribution is -0.0107. The molecule has 1 aromatic carbocycles. The Kier molecular flexibility index (Phi) is 6.10. The van der Waals surface area contributed by atoms with E-state index in [0.29, 0.717) is 52.8 Å². The SMILES string of the molecule is N#Cc1c(N)nc(SCC2CCOC2)c(C#N)c1-c1ccc(OC2CC(O)C2)cc1. The standard InChI is InChI=1S/C22H22N4O3S/c23-9-18-20(14-1-3-16(4-2-14)29-17-7-15(27)8-17)19(10-24)22(26-21(18)25)30-12-13-5-6-28-11-13/h1-4,13,15,17,27H,5-8,11-12H2,(H2,25,26). The molecule has 0 radical (unpaired) electrons. The van der Waals surface area contributed by atoms with E-state index < -0.39 is 0 Å². The lowest BCUT2D eigenvalue weighted by atomic mass is 9.92. The van der Waals surface area contributed by atoms with Crippen LogP contribution in [0, 0.1) is 28.6 Å². The minimum atomic E-state index is -0.280. The Morgan fingerprint density at radius 3 is 2.53 bits per heavy atom. The van der Waals surface area contributed by atoms with Crippen LogP contribution in [0.15, 0.2) is 29.3 Å². The molecule has 0 bridgehead atoms. The second-order valence-corrected chi connectivity index (χ2v) is 8.59. The molecule has 0 amide bonds. The number of pyridine rings is 1. The first-order valence-corrected chi connectivity index (χ1v) is 10.9. The topological polar surface area (TPSA) is 125 Å². The summed E-state index contributed by atoms with van der Waals surface area (Å²) in [5.41, 5.74) is 7.86. The van der Waals surface area contributed by atoms with Crippen LogP contribution in [0.3, 0.4) is 0 Å². The van der Waals surface area contributed by atoms with E-state index in [9.17, 15) is 15.6 Å². The van der Waals surface area contributed by atoms with Crippen LogP contribution in [0.1, 0.15) is 30.4 Å². The van der Waals surface area contributed by atoms with Gasteiger partial charge in [0.05, 0.1) is 18.3 Å². The molecule has 2 fully saturated rings. The Labute approximate surface area is 179 Å². The van der Waals surface area contributed by atoms with Gasteiger partial charge in [0.1, 0.15) is 40.4 Å². The monoisotopic (exact) mass is 422 g/mol. The van der Waals surface area contributed by atoms with Crippen molar-refractivity contribution in [1.29, 1.82) is 10.5 Å². The van der Waals surface area contributed by atoms with E-state index in [-0.39, 0.29) is 23.6 Å². The molecular weight excluding hydrogens is 400 g/mol. The Morgan fingerprint density at radius 1 is 1.20 bits per heavy atom. The van der Waals surface area contributed by atoms with Crippen LogP contribution in [-0.2, 0) is 4.74 Å². The number of nitrogens with zero attached hydrogens (tertiary/aromatic N) is 3. The summed E-state index contributed by atoms with van der Waals surface area (Å²) in [6, 6.07) is 11.6. The molecule has 1 aliphatic carbocycles. The second-order valence-electron chi connectivity index (χ2n) is 7.58. The van der Waals surface area contributed by atoms with E-state index >= 15 is 0 Å². The third-order valence-corrected chi connectivity index (χ3v) is 6.62. The van der Waals surface area contributed by atoms with Gasteiger partial charge < -0.3 is 20.3 Å². The minimum Gasteiger partial charge on any atom is -0.490 e. The van der Waals surface area contributed by atoms with Gasteiger partial charge in [0, 0.05) is 30.8 Å². The summed E-state index contributed by atoms with van der Waals surface area (Å²) in [6.07, 6.45) is 2.00. The number of nitriles is 2. The highest BCUT2D eigenvalue weighted by atomic mass is 32.2. The lowest BCUT2D eigenvalue weighted by Crippen LogP contribution is -2.37. The fourth-order valence-electron chi connectivity index (χ4n) is 3.63. The molecule has 2 heterocycles. The zero-order valence-corrected chi connectivity index (χ0v) is 17.2. The van der Waals surface area contributed by atoms with Crippen molar-refractivity contribution in [2.45, 2.75) is 36.5 Å². The summed E-state index contributed by atoms with van der Waals surface area (Å²) in [6.45, 7) is 1.48. The Hall–Kier alpha value is -2.78. The summed E-state index contributed by atoms with van der Waals surface area (Å²) in [7, 11) is 0. The van der Waals surface area contributed by atoms with E-state index in [2.05, 4.69) is 17.1 Å². The van der Waals surface area contributed by atoms with Crippen molar-refractivity contribution >= 4 is 17.6 Å². The second kappa shape index (κ2) is 8.93. The first kappa shape index (κ1) is 20.5. The zero-order chi connectivity index (χ0) is 21.1. The maximum absolute atomic E-state index is 9.87. The van der Waals surface area contributed by atoms with Crippen molar-refractivity contribution < 1.29 is 14.6 Å². The summed E-state index contributed by atoms with van der Waals surface area (Å²) in [5.74, 6) is 2.02. The third-order valence-electron chi connectivity index (χ3n) is 5.41. The molecule has 1 saturated carbocycles. The van der Waals surface area contributed by atoms with Crippen LogP contribution >= 0.6 is 11.8 Å². The molecule has 1 aliphatic heterocycles. The number of aliphatic hydroxyl groups is 1. The summed E-state index contributed by atoms with van der Waals surface area (Å²) in [5, 5.41) is 29.5. The number of aromatic nitrogens is 1. The van der Waals surface area contributed by atoms with Gasteiger partial charge in [0.15, 0.2) is 0 Å².